The molecule has 6 nitrogen and oxygen atoms in total. The summed E-state index contributed by atoms with van der Waals surface area (Å²) in [6, 6.07) is -0.635. The van der Waals surface area contributed by atoms with E-state index in [0.29, 0.717) is 19.4 Å². The highest BCUT2D eigenvalue weighted by molar-refractivity contribution is 5.76. The van der Waals surface area contributed by atoms with Gasteiger partial charge in [0, 0.05) is 12.8 Å². The molecule has 0 spiro atoms. The van der Waals surface area contributed by atoms with Crippen molar-refractivity contribution >= 4 is 11.9 Å². The zero-order valence-electron chi connectivity index (χ0n) is 40.9. The van der Waals surface area contributed by atoms with Crippen molar-refractivity contribution in [3.05, 3.63) is 24.3 Å². The van der Waals surface area contributed by atoms with Gasteiger partial charge in [-0.3, -0.25) is 9.59 Å². The maximum Gasteiger partial charge on any atom is 0.305 e. The van der Waals surface area contributed by atoms with Gasteiger partial charge in [0.2, 0.25) is 5.91 Å². The average molecular weight is 860 g/mol. The van der Waals surface area contributed by atoms with Crippen molar-refractivity contribution in [1.29, 1.82) is 0 Å². The molecule has 0 saturated carbocycles. The van der Waals surface area contributed by atoms with Gasteiger partial charge in [0.25, 0.3) is 0 Å². The largest absolute Gasteiger partial charge is 0.466 e. The molecular weight excluding hydrogens is 755 g/mol. The predicted molar refractivity (Wildman–Crippen MR) is 264 cm³/mol. The van der Waals surface area contributed by atoms with E-state index in [4.69, 9.17) is 4.74 Å². The number of carbonyl (C=O) groups excluding carboxylic acids is 2. The number of rotatable bonds is 50. The van der Waals surface area contributed by atoms with Crippen LogP contribution in [-0.2, 0) is 14.3 Å². The fourth-order valence-electron chi connectivity index (χ4n) is 8.27. The van der Waals surface area contributed by atoms with E-state index in [2.05, 4.69) is 31.3 Å². The molecule has 61 heavy (non-hydrogen) atoms. The second-order valence-corrected chi connectivity index (χ2v) is 18.6. The van der Waals surface area contributed by atoms with Gasteiger partial charge in [0.05, 0.1) is 25.4 Å². The van der Waals surface area contributed by atoms with Gasteiger partial charge in [-0.25, -0.2) is 0 Å². The molecule has 0 saturated heterocycles. The van der Waals surface area contributed by atoms with E-state index in [1.54, 1.807) is 6.08 Å². The Morgan fingerprint density at radius 2 is 0.770 bits per heavy atom. The molecule has 2 unspecified atom stereocenters. The first-order valence-electron chi connectivity index (χ1n) is 27.1. The quantitative estimate of drug-likeness (QED) is 0.0322. The molecule has 0 heterocycles. The first-order chi connectivity index (χ1) is 30.0. The second kappa shape index (κ2) is 51.0. The van der Waals surface area contributed by atoms with Gasteiger partial charge >= 0.3 is 5.97 Å². The summed E-state index contributed by atoms with van der Waals surface area (Å²) in [6.07, 6.45) is 60.6. The second-order valence-electron chi connectivity index (χ2n) is 18.6. The lowest BCUT2D eigenvalue weighted by Gasteiger charge is -2.20. The highest BCUT2D eigenvalue weighted by Crippen LogP contribution is 2.16. The number of nitrogens with one attached hydrogen (secondary N) is 1. The van der Waals surface area contributed by atoms with E-state index in [1.165, 1.54) is 205 Å². The van der Waals surface area contributed by atoms with Gasteiger partial charge in [-0.05, 0) is 57.8 Å². The zero-order chi connectivity index (χ0) is 44.4. The summed E-state index contributed by atoms with van der Waals surface area (Å²) >= 11 is 0. The number of amides is 1. The lowest BCUT2D eigenvalue weighted by molar-refractivity contribution is -0.143. The smallest absolute Gasteiger partial charge is 0.305 e. The summed E-state index contributed by atoms with van der Waals surface area (Å²) in [6.45, 7) is 4.87. The number of unbranched alkanes of at least 4 members (excludes halogenated alkanes) is 37. The Labute approximate surface area is 380 Å². The van der Waals surface area contributed by atoms with Crippen LogP contribution in [0.2, 0.25) is 0 Å². The van der Waals surface area contributed by atoms with Crippen LogP contribution in [0.25, 0.3) is 0 Å². The monoisotopic (exact) mass is 860 g/mol. The van der Waals surface area contributed by atoms with Crippen LogP contribution in [0, 0.1) is 0 Å². The Kier molecular flexibility index (Phi) is 49.6. The van der Waals surface area contributed by atoms with Crippen LogP contribution in [0.3, 0.4) is 0 Å². The molecule has 6 heteroatoms. The number of carbonyl (C=O) groups is 2. The van der Waals surface area contributed by atoms with Crippen LogP contribution in [0.15, 0.2) is 24.3 Å². The van der Waals surface area contributed by atoms with E-state index in [0.717, 1.165) is 57.8 Å². The molecule has 0 bridgehead atoms. The molecule has 0 aliphatic rings. The van der Waals surface area contributed by atoms with Crippen LogP contribution < -0.4 is 5.32 Å². The minimum absolute atomic E-state index is 0.00559. The van der Waals surface area contributed by atoms with Crippen LogP contribution in [0.5, 0.6) is 0 Å². The molecule has 0 aromatic heterocycles. The Morgan fingerprint density at radius 3 is 1.16 bits per heavy atom. The molecule has 3 N–H and O–H groups in total. The number of hydrogen-bond acceptors (Lipinski definition) is 5. The van der Waals surface area contributed by atoms with E-state index >= 15 is 0 Å². The van der Waals surface area contributed by atoms with Crippen molar-refractivity contribution in [2.75, 3.05) is 13.2 Å². The predicted octanol–water partition coefficient (Wildman–Crippen LogP) is 16.3. The Morgan fingerprint density at radius 1 is 0.443 bits per heavy atom. The first-order valence-corrected chi connectivity index (χ1v) is 27.1. The van der Waals surface area contributed by atoms with Crippen molar-refractivity contribution in [2.24, 2.45) is 0 Å². The third-order valence-corrected chi connectivity index (χ3v) is 12.5. The number of allylic oxidation sites excluding steroid dienone is 3. The topological polar surface area (TPSA) is 95.9 Å². The summed E-state index contributed by atoms with van der Waals surface area (Å²) in [5.41, 5.74) is 0. The molecule has 1 amide bonds. The molecule has 0 rings (SSSR count). The number of ether oxygens (including phenoxy) is 1. The van der Waals surface area contributed by atoms with Gasteiger partial charge in [-0.15, -0.1) is 0 Å². The van der Waals surface area contributed by atoms with Gasteiger partial charge in [0.15, 0.2) is 0 Å². The van der Waals surface area contributed by atoms with E-state index in [1.807, 2.05) is 6.08 Å². The standard InChI is InChI=1S/C55H105NO5/c1-3-5-7-9-11-13-14-15-16-19-23-26-29-33-37-41-45-49-55(60)61-50-46-42-38-34-30-27-24-21-18-17-20-22-25-28-32-36-40-44-48-54(59)56-52(51-57)53(58)47-43-39-35-31-12-10-8-6-4-2/h20,22,43,47,52-53,57-58H,3-19,21,23-42,44-46,48-51H2,1-2H3,(H,56,59)/b22-20-,47-43+. The van der Waals surface area contributed by atoms with Gasteiger partial charge in [-0.1, -0.05) is 244 Å². The lowest BCUT2D eigenvalue weighted by Crippen LogP contribution is -2.45. The Bertz CT molecular complexity index is 951. The molecule has 2 atom stereocenters. The molecule has 0 aliphatic carbocycles. The van der Waals surface area contributed by atoms with E-state index in [-0.39, 0.29) is 18.5 Å². The molecule has 0 fully saturated rings. The number of hydrogen-bond donors (Lipinski definition) is 3. The van der Waals surface area contributed by atoms with Crippen molar-refractivity contribution in [3.63, 3.8) is 0 Å². The van der Waals surface area contributed by atoms with E-state index in [9.17, 15) is 19.8 Å². The van der Waals surface area contributed by atoms with E-state index < -0.39 is 12.1 Å². The van der Waals surface area contributed by atoms with Crippen LogP contribution >= 0.6 is 0 Å². The highest BCUT2D eigenvalue weighted by atomic mass is 16.5. The Balaban J connectivity index is 3.41. The average Bonchev–Trinajstić information content (AvgIpc) is 3.26. The molecule has 0 aromatic carbocycles. The van der Waals surface area contributed by atoms with Crippen molar-refractivity contribution in [2.45, 2.75) is 302 Å². The molecular formula is C55H105NO5. The fourth-order valence-corrected chi connectivity index (χ4v) is 8.27. The SMILES string of the molecule is CCCCCCCCC/C=C/C(O)C(CO)NC(=O)CCCCCCC/C=C\CCCCCCCCCCCOC(=O)CCCCCCCCCCCCCCCCCCC. The minimum Gasteiger partial charge on any atom is -0.466 e. The summed E-state index contributed by atoms with van der Waals surface area (Å²) < 4.78 is 5.48. The normalized spacial score (nSPS) is 12.8. The third-order valence-electron chi connectivity index (χ3n) is 12.5. The van der Waals surface area contributed by atoms with Crippen LogP contribution in [-0.4, -0.2) is 47.4 Å². The molecule has 0 aliphatic heterocycles. The minimum atomic E-state index is -0.850. The van der Waals surface area contributed by atoms with Gasteiger partial charge < -0.3 is 20.3 Å². The van der Waals surface area contributed by atoms with Crippen molar-refractivity contribution in [3.8, 4) is 0 Å². The van der Waals surface area contributed by atoms with Gasteiger partial charge in [0.1, 0.15) is 0 Å². The number of aliphatic hydroxyl groups excluding tert-OH is 2. The summed E-state index contributed by atoms with van der Waals surface area (Å²) in [5, 5.41) is 22.9. The van der Waals surface area contributed by atoms with Crippen molar-refractivity contribution in [1.82, 2.24) is 5.32 Å². The molecule has 0 aromatic rings. The summed E-state index contributed by atoms with van der Waals surface area (Å²) in [4.78, 5) is 24.4. The third kappa shape index (κ3) is 47.7. The number of esters is 1. The molecule has 0 radical (unpaired) electrons. The zero-order valence-corrected chi connectivity index (χ0v) is 40.9. The first kappa shape index (κ1) is 59.3. The summed E-state index contributed by atoms with van der Waals surface area (Å²) in [5.74, 6) is -0.0794. The number of aliphatic hydroxyl groups is 2. The molecule has 360 valence electrons. The Hall–Kier alpha value is -1.66. The fraction of sp³-hybridized carbons (Fsp3) is 0.891. The van der Waals surface area contributed by atoms with Crippen LogP contribution in [0.4, 0.5) is 0 Å². The maximum absolute atomic E-state index is 12.4. The lowest BCUT2D eigenvalue weighted by atomic mass is 10.0. The van der Waals surface area contributed by atoms with Crippen molar-refractivity contribution < 1.29 is 24.5 Å². The maximum atomic E-state index is 12.4. The van der Waals surface area contributed by atoms with Crippen LogP contribution in [0.1, 0.15) is 290 Å². The highest BCUT2D eigenvalue weighted by Gasteiger charge is 2.18. The van der Waals surface area contributed by atoms with Gasteiger partial charge in [-0.2, -0.15) is 0 Å². The summed E-state index contributed by atoms with van der Waals surface area (Å²) in [7, 11) is 0.